The number of carbonyl (C=O) groups is 1. The Morgan fingerprint density at radius 1 is 0.870 bits per heavy atom. The van der Waals surface area contributed by atoms with Crippen molar-refractivity contribution in [2.24, 2.45) is 5.92 Å². The van der Waals surface area contributed by atoms with Gasteiger partial charge in [0, 0.05) is 19.2 Å². The van der Waals surface area contributed by atoms with Gasteiger partial charge in [0.05, 0.1) is 6.61 Å². The van der Waals surface area contributed by atoms with E-state index in [2.05, 4.69) is 6.92 Å². The van der Waals surface area contributed by atoms with Gasteiger partial charge in [0.2, 0.25) is 0 Å². The van der Waals surface area contributed by atoms with Gasteiger partial charge in [-0.15, -0.1) is 0 Å². The average molecular weight is 346 g/mol. The van der Waals surface area contributed by atoms with Crippen LogP contribution in [0.1, 0.15) is 90.9 Å². The fraction of sp³-hybridized carbons (Fsp3) is 0.947. The molecule has 0 saturated carbocycles. The lowest BCUT2D eigenvalue weighted by Gasteiger charge is -2.16. The Kier molecular flexibility index (Phi) is 14.1. The van der Waals surface area contributed by atoms with Crippen molar-refractivity contribution < 1.29 is 13.9 Å². The number of ketones is 1. The summed E-state index contributed by atoms with van der Waals surface area (Å²) in [5.41, 5.74) is 0. The van der Waals surface area contributed by atoms with Crippen LogP contribution in [0.25, 0.3) is 0 Å². The highest BCUT2D eigenvalue weighted by Crippen LogP contribution is 2.38. The Balaban J connectivity index is 3.53. The molecule has 3 nitrogen and oxygen atoms in total. The van der Waals surface area contributed by atoms with Crippen LogP contribution in [-0.2, 0) is 13.9 Å². The summed E-state index contributed by atoms with van der Waals surface area (Å²) in [4.78, 5) is 11.6. The standard InChI is InChI=1S/C19H39O3P/c1-5-6-7-8-9-10-11-12-13-14-15-16-19(18(2)20)17-22-23(3,4)21/h19H,5-17H2,1-4H3. The van der Waals surface area contributed by atoms with Gasteiger partial charge < -0.3 is 4.52 Å². The summed E-state index contributed by atoms with van der Waals surface area (Å²) in [6, 6.07) is 0. The Morgan fingerprint density at radius 3 is 1.70 bits per heavy atom. The van der Waals surface area contributed by atoms with Gasteiger partial charge >= 0.3 is 0 Å². The van der Waals surface area contributed by atoms with E-state index in [-0.39, 0.29) is 11.7 Å². The zero-order chi connectivity index (χ0) is 17.6. The molecule has 0 spiro atoms. The highest BCUT2D eigenvalue weighted by Gasteiger charge is 2.17. The maximum atomic E-state index is 11.6. The number of carbonyl (C=O) groups excluding carboxylic acids is 1. The second-order valence-electron chi connectivity index (χ2n) is 7.18. The van der Waals surface area contributed by atoms with E-state index in [0.29, 0.717) is 6.61 Å². The average Bonchev–Trinajstić information content (AvgIpc) is 2.46. The van der Waals surface area contributed by atoms with Crippen LogP contribution in [0.4, 0.5) is 0 Å². The van der Waals surface area contributed by atoms with E-state index in [1.807, 2.05) is 0 Å². The maximum Gasteiger partial charge on any atom is 0.197 e. The molecule has 4 heteroatoms. The lowest BCUT2D eigenvalue weighted by molar-refractivity contribution is -0.121. The second kappa shape index (κ2) is 14.2. The van der Waals surface area contributed by atoms with E-state index in [4.69, 9.17) is 4.52 Å². The summed E-state index contributed by atoms with van der Waals surface area (Å²) < 4.78 is 16.9. The number of rotatable bonds is 16. The molecule has 0 heterocycles. The monoisotopic (exact) mass is 346 g/mol. The molecule has 23 heavy (non-hydrogen) atoms. The Labute approximate surface area is 144 Å². The Bertz CT molecular complexity index is 336. The van der Waals surface area contributed by atoms with Gasteiger partial charge in [-0.05, 0) is 13.3 Å². The van der Waals surface area contributed by atoms with Gasteiger partial charge in [0.1, 0.15) is 5.78 Å². The summed E-state index contributed by atoms with van der Waals surface area (Å²) in [6.07, 6.45) is 15.3. The van der Waals surface area contributed by atoms with Crippen LogP contribution < -0.4 is 0 Å². The predicted octanol–water partition coefficient (Wildman–Crippen LogP) is 6.45. The molecule has 0 aliphatic carbocycles. The molecule has 0 amide bonds. The molecule has 0 saturated heterocycles. The number of hydrogen-bond donors (Lipinski definition) is 0. The van der Waals surface area contributed by atoms with Crippen LogP contribution in [-0.4, -0.2) is 25.7 Å². The summed E-state index contributed by atoms with van der Waals surface area (Å²) in [6.45, 7) is 7.39. The lowest BCUT2D eigenvalue weighted by atomic mass is 9.97. The topological polar surface area (TPSA) is 43.4 Å². The van der Waals surface area contributed by atoms with Crippen molar-refractivity contribution in [1.29, 1.82) is 0 Å². The Morgan fingerprint density at radius 2 is 1.30 bits per heavy atom. The number of Topliss-reactive ketones (excluding diaryl/α,β-unsaturated/α-hetero) is 1. The van der Waals surface area contributed by atoms with Crippen molar-refractivity contribution in [3.8, 4) is 0 Å². The molecule has 0 aliphatic heterocycles. The van der Waals surface area contributed by atoms with Crippen molar-refractivity contribution >= 4 is 13.2 Å². The number of unbranched alkanes of at least 4 members (excludes halogenated alkanes) is 10. The summed E-state index contributed by atoms with van der Waals surface area (Å²) in [5.74, 6) is 0.0762. The smallest absolute Gasteiger partial charge is 0.197 e. The van der Waals surface area contributed by atoms with E-state index < -0.39 is 7.37 Å². The van der Waals surface area contributed by atoms with Crippen LogP contribution in [0.15, 0.2) is 0 Å². The summed E-state index contributed by atoms with van der Waals surface area (Å²) in [7, 11) is -2.48. The van der Waals surface area contributed by atoms with Crippen molar-refractivity contribution in [1.82, 2.24) is 0 Å². The van der Waals surface area contributed by atoms with Crippen LogP contribution in [0.5, 0.6) is 0 Å². The van der Waals surface area contributed by atoms with E-state index in [1.165, 1.54) is 64.2 Å². The molecule has 138 valence electrons. The molecule has 0 rings (SSSR count). The molecule has 0 radical (unpaired) electrons. The molecule has 0 fully saturated rings. The fourth-order valence-electron chi connectivity index (χ4n) is 2.73. The first kappa shape index (κ1) is 22.9. The predicted molar refractivity (Wildman–Crippen MR) is 101 cm³/mol. The molecule has 1 unspecified atom stereocenters. The van der Waals surface area contributed by atoms with Gasteiger partial charge in [-0.25, -0.2) is 0 Å². The first-order chi connectivity index (χ1) is 10.9. The zero-order valence-electron chi connectivity index (χ0n) is 15.9. The summed E-state index contributed by atoms with van der Waals surface area (Å²) in [5, 5.41) is 0. The third-order valence-electron chi connectivity index (χ3n) is 4.32. The third-order valence-corrected chi connectivity index (χ3v) is 5.09. The minimum Gasteiger partial charge on any atom is -0.328 e. The quantitative estimate of drug-likeness (QED) is 0.238. The molecule has 0 aromatic heterocycles. The molecule has 0 aliphatic rings. The second-order valence-corrected chi connectivity index (χ2v) is 9.94. The molecular weight excluding hydrogens is 307 g/mol. The molecular formula is C19H39O3P. The SMILES string of the molecule is CCCCCCCCCCCCCC(COP(C)(C)=O)C(C)=O. The van der Waals surface area contributed by atoms with E-state index in [0.717, 1.165) is 12.8 Å². The molecule has 0 aromatic carbocycles. The Hall–Kier alpha value is -0.140. The number of hydrogen-bond acceptors (Lipinski definition) is 3. The molecule has 0 aromatic rings. The highest BCUT2D eigenvalue weighted by atomic mass is 31.2. The third kappa shape index (κ3) is 16.5. The van der Waals surface area contributed by atoms with Gasteiger partial charge in [-0.3, -0.25) is 9.36 Å². The van der Waals surface area contributed by atoms with Crippen molar-refractivity contribution in [3.63, 3.8) is 0 Å². The summed E-state index contributed by atoms with van der Waals surface area (Å²) >= 11 is 0. The fourth-order valence-corrected chi connectivity index (χ4v) is 3.27. The van der Waals surface area contributed by atoms with E-state index in [9.17, 15) is 9.36 Å². The minimum absolute atomic E-state index is 0.0817. The van der Waals surface area contributed by atoms with Crippen molar-refractivity contribution in [3.05, 3.63) is 0 Å². The molecule has 1 atom stereocenters. The van der Waals surface area contributed by atoms with Crippen molar-refractivity contribution in [2.75, 3.05) is 19.9 Å². The van der Waals surface area contributed by atoms with Gasteiger partial charge in [-0.1, -0.05) is 77.6 Å². The maximum absolute atomic E-state index is 11.6. The van der Waals surface area contributed by atoms with Crippen molar-refractivity contribution in [2.45, 2.75) is 90.9 Å². The van der Waals surface area contributed by atoms with Gasteiger partial charge in [-0.2, -0.15) is 0 Å². The van der Waals surface area contributed by atoms with Crippen LogP contribution in [0.2, 0.25) is 0 Å². The van der Waals surface area contributed by atoms with Crippen LogP contribution in [0.3, 0.4) is 0 Å². The normalized spacial score (nSPS) is 13.2. The largest absolute Gasteiger partial charge is 0.328 e. The van der Waals surface area contributed by atoms with E-state index in [1.54, 1.807) is 20.3 Å². The van der Waals surface area contributed by atoms with E-state index >= 15 is 0 Å². The lowest BCUT2D eigenvalue weighted by Crippen LogP contribution is -2.17. The molecule has 0 N–H and O–H groups in total. The minimum atomic E-state index is -2.48. The highest BCUT2D eigenvalue weighted by molar-refractivity contribution is 7.57. The van der Waals surface area contributed by atoms with Crippen LogP contribution in [0, 0.1) is 5.92 Å². The first-order valence-corrected chi connectivity index (χ1v) is 12.1. The molecule has 0 bridgehead atoms. The van der Waals surface area contributed by atoms with Gasteiger partial charge in [0.15, 0.2) is 7.37 Å². The van der Waals surface area contributed by atoms with Crippen LogP contribution >= 0.6 is 7.37 Å². The van der Waals surface area contributed by atoms with Gasteiger partial charge in [0.25, 0.3) is 0 Å². The zero-order valence-corrected chi connectivity index (χ0v) is 16.8. The first-order valence-electron chi connectivity index (χ1n) is 9.56.